The van der Waals surface area contributed by atoms with Gasteiger partial charge in [0.05, 0.1) is 25.0 Å². The van der Waals surface area contributed by atoms with Crippen molar-refractivity contribution in [2.24, 2.45) is 7.05 Å². The third kappa shape index (κ3) is 3.94. The van der Waals surface area contributed by atoms with Gasteiger partial charge in [-0.3, -0.25) is 4.68 Å². The van der Waals surface area contributed by atoms with Crippen molar-refractivity contribution in [3.63, 3.8) is 0 Å². The SMILES string of the molecule is Cn1c(Nc2cc(C(C)(C)C)n(C3CCOC3)n2)nc2ncc(Oc3cnn4ccnc4c3)c(Cl)c21. The molecule has 5 aromatic heterocycles. The molecule has 0 saturated carbocycles. The van der Waals surface area contributed by atoms with Crippen LogP contribution in [0.3, 0.4) is 0 Å². The lowest BCUT2D eigenvalue weighted by Gasteiger charge is -2.22. The second kappa shape index (κ2) is 8.45. The smallest absolute Gasteiger partial charge is 0.210 e. The van der Waals surface area contributed by atoms with Gasteiger partial charge in [-0.25, -0.2) is 14.5 Å². The second-order valence-electron chi connectivity index (χ2n) is 9.88. The van der Waals surface area contributed by atoms with Crippen LogP contribution in [0, 0.1) is 0 Å². The quantitative estimate of drug-likeness (QED) is 0.366. The van der Waals surface area contributed by atoms with E-state index in [9.17, 15) is 0 Å². The Kier molecular flexibility index (Phi) is 5.34. The Morgan fingerprint density at radius 3 is 2.83 bits per heavy atom. The molecule has 0 spiro atoms. The Bertz CT molecular complexity index is 1570. The van der Waals surface area contributed by atoms with Gasteiger partial charge in [0, 0.05) is 49.3 Å². The van der Waals surface area contributed by atoms with Gasteiger partial charge in [-0.2, -0.15) is 15.2 Å². The number of rotatable bonds is 5. The fourth-order valence-corrected chi connectivity index (χ4v) is 4.69. The molecule has 0 amide bonds. The Labute approximate surface area is 212 Å². The highest BCUT2D eigenvalue weighted by molar-refractivity contribution is 6.36. The van der Waals surface area contributed by atoms with Gasteiger partial charge in [-0.05, 0) is 6.42 Å². The monoisotopic (exact) mass is 507 g/mol. The Morgan fingerprint density at radius 1 is 1.19 bits per heavy atom. The number of hydrogen-bond donors (Lipinski definition) is 1. The van der Waals surface area contributed by atoms with Gasteiger partial charge in [0.15, 0.2) is 28.6 Å². The molecule has 6 rings (SSSR count). The maximum absolute atomic E-state index is 6.76. The van der Waals surface area contributed by atoms with Gasteiger partial charge in [0.25, 0.3) is 0 Å². The minimum Gasteiger partial charge on any atom is -0.452 e. The molecule has 0 aliphatic carbocycles. The number of hydrogen-bond acceptors (Lipinski definition) is 8. The number of imidazole rings is 2. The van der Waals surface area contributed by atoms with Gasteiger partial charge < -0.3 is 19.4 Å². The summed E-state index contributed by atoms with van der Waals surface area (Å²) in [5, 5.41) is 12.9. The molecular weight excluding hydrogens is 482 g/mol. The Morgan fingerprint density at radius 2 is 2.06 bits per heavy atom. The number of nitrogens with one attached hydrogen (secondary N) is 1. The highest BCUT2D eigenvalue weighted by atomic mass is 35.5. The topological polar surface area (TPSA) is 109 Å². The van der Waals surface area contributed by atoms with Crippen LogP contribution < -0.4 is 10.1 Å². The maximum Gasteiger partial charge on any atom is 0.210 e. The number of nitrogens with zero attached hydrogens (tertiary/aromatic N) is 8. The first-order chi connectivity index (χ1) is 17.3. The molecule has 11 nitrogen and oxygen atoms in total. The van der Waals surface area contributed by atoms with E-state index in [1.54, 1.807) is 35.4 Å². The van der Waals surface area contributed by atoms with Crippen LogP contribution in [-0.2, 0) is 17.2 Å². The summed E-state index contributed by atoms with van der Waals surface area (Å²) in [6, 6.07) is 4.07. The molecule has 1 aliphatic heterocycles. The van der Waals surface area contributed by atoms with E-state index in [-0.39, 0.29) is 11.5 Å². The molecule has 0 radical (unpaired) electrons. The van der Waals surface area contributed by atoms with Crippen molar-refractivity contribution >= 4 is 40.2 Å². The Balaban J connectivity index is 1.32. The normalized spacial score (nSPS) is 16.3. The summed E-state index contributed by atoms with van der Waals surface area (Å²) >= 11 is 6.76. The maximum atomic E-state index is 6.76. The van der Waals surface area contributed by atoms with Crippen LogP contribution in [0.15, 0.2) is 36.9 Å². The van der Waals surface area contributed by atoms with Crippen molar-refractivity contribution in [3.05, 3.63) is 47.6 Å². The van der Waals surface area contributed by atoms with Gasteiger partial charge in [-0.15, -0.1) is 0 Å². The van der Waals surface area contributed by atoms with Gasteiger partial charge in [0.2, 0.25) is 5.95 Å². The minimum absolute atomic E-state index is 0.0762. The average molecular weight is 508 g/mol. The standard InChI is InChI=1S/C24H26ClN9O2/c1-24(2,3)17-10-18(31-34(17)14-5-8-35-13-14)29-23-30-22-21(32(23)4)20(25)16(12-27-22)36-15-9-19-26-6-7-33(19)28-11-15/h6-7,9-12,14H,5,8,13H2,1-4H3,(H,27,29,30,31). The van der Waals surface area contributed by atoms with Crippen LogP contribution in [0.25, 0.3) is 16.8 Å². The summed E-state index contributed by atoms with van der Waals surface area (Å²) in [4.78, 5) is 13.4. The van der Waals surface area contributed by atoms with Crippen LogP contribution in [0.4, 0.5) is 11.8 Å². The van der Waals surface area contributed by atoms with Crippen molar-refractivity contribution in [2.75, 3.05) is 18.5 Å². The molecular formula is C24H26ClN9O2. The molecule has 1 aliphatic rings. The number of aryl methyl sites for hydroxylation is 1. The fraction of sp³-hybridized carbons (Fsp3) is 0.375. The van der Waals surface area contributed by atoms with Crippen molar-refractivity contribution in [1.29, 1.82) is 0 Å². The number of aromatic nitrogens is 8. The molecule has 12 heteroatoms. The minimum atomic E-state index is -0.0762. The third-order valence-electron chi connectivity index (χ3n) is 6.26. The van der Waals surface area contributed by atoms with E-state index >= 15 is 0 Å². The van der Waals surface area contributed by atoms with E-state index in [0.29, 0.717) is 51.7 Å². The first kappa shape index (κ1) is 22.7. The summed E-state index contributed by atoms with van der Waals surface area (Å²) in [7, 11) is 1.87. The molecule has 1 saturated heterocycles. The van der Waals surface area contributed by atoms with Gasteiger partial charge in [-0.1, -0.05) is 32.4 Å². The molecule has 36 heavy (non-hydrogen) atoms. The largest absolute Gasteiger partial charge is 0.452 e. The van der Waals surface area contributed by atoms with Crippen LogP contribution >= 0.6 is 11.6 Å². The first-order valence-corrected chi connectivity index (χ1v) is 12.1. The molecule has 1 unspecified atom stereocenters. The number of halogens is 1. The van der Waals surface area contributed by atoms with E-state index in [1.165, 1.54) is 0 Å². The summed E-state index contributed by atoms with van der Waals surface area (Å²) in [5.41, 5.74) is 2.87. The van der Waals surface area contributed by atoms with E-state index in [0.717, 1.165) is 18.7 Å². The third-order valence-corrected chi connectivity index (χ3v) is 6.62. The van der Waals surface area contributed by atoms with E-state index in [4.69, 9.17) is 26.2 Å². The molecule has 1 fully saturated rings. The molecule has 186 valence electrons. The molecule has 0 bridgehead atoms. The second-order valence-corrected chi connectivity index (χ2v) is 10.3. The van der Waals surface area contributed by atoms with Crippen molar-refractivity contribution in [2.45, 2.75) is 38.6 Å². The molecule has 6 heterocycles. The van der Waals surface area contributed by atoms with Crippen LogP contribution in [0.1, 0.15) is 38.9 Å². The van der Waals surface area contributed by atoms with Crippen molar-refractivity contribution < 1.29 is 9.47 Å². The molecule has 0 aromatic carbocycles. The van der Waals surface area contributed by atoms with Crippen molar-refractivity contribution in [1.82, 2.24) is 38.9 Å². The van der Waals surface area contributed by atoms with E-state index in [1.807, 2.05) is 11.6 Å². The zero-order chi connectivity index (χ0) is 25.0. The summed E-state index contributed by atoms with van der Waals surface area (Å²) in [6.45, 7) is 7.96. The first-order valence-electron chi connectivity index (χ1n) is 11.7. The van der Waals surface area contributed by atoms with Crippen LogP contribution in [0.5, 0.6) is 11.5 Å². The van der Waals surface area contributed by atoms with E-state index < -0.39 is 0 Å². The predicted octanol–water partition coefficient (Wildman–Crippen LogP) is 4.66. The lowest BCUT2D eigenvalue weighted by Crippen LogP contribution is -2.22. The fourth-order valence-electron chi connectivity index (χ4n) is 4.40. The number of fused-ring (bicyclic) bond motifs is 2. The number of ether oxygens (including phenoxy) is 2. The van der Waals surface area contributed by atoms with Crippen LogP contribution in [-0.4, -0.2) is 52.1 Å². The summed E-state index contributed by atoms with van der Waals surface area (Å²) < 4.78 is 17.2. The van der Waals surface area contributed by atoms with Gasteiger partial charge in [0.1, 0.15) is 10.5 Å². The highest BCUT2D eigenvalue weighted by Gasteiger charge is 2.28. The average Bonchev–Trinajstić information content (AvgIpc) is 3.62. The number of anilines is 2. The van der Waals surface area contributed by atoms with Gasteiger partial charge >= 0.3 is 0 Å². The summed E-state index contributed by atoms with van der Waals surface area (Å²) in [6.07, 6.45) is 7.54. The Hall–Kier alpha value is -3.70. The molecule has 1 N–H and O–H groups in total. The summed E-state index contributed by atoms with van der Waals surface area (Å²) in [5.74, 6) is 2.19. The molecule has 5 aromatic rings. The zero-order valence-corrected chi connectivity index (χ0v) is 21.2. The lowest BCUT2D eigenvalue weighted by molar-refractivity contribution is 0.183. The molecule has 1 atom stereocenters. The lowest BCUT2D eigenvalue weighted by atomic mass is 9.91. The van der Waals surface area contributed by atoms with Crippen molar-refractivity contribution in [3.8, 4) is 11.5 Å². The van der Waals surface area contributed by atoms with E-state index in [2.05, 4.69) is 56.9 Å². The number of pyridine rings is 1. The predicted molar refractivity (Wildman–Crippen MR) is 135 cm³/mol. The highest BCUT2D eigenvalue weighted by Crippen LogP contribution is 2.36. The zero-order valence-electron chi connectivity index (χ0n) is 20.4. The van der Waals surface area contributed by atoms with Crippen LogP contribution in [0.2, 0.25) is 5.02 Å².